The number of nitrogens with one attached hydrogen (secondary N) is 1. The number of phenols is 1. The van der Waals surface area contributed by atoms with E-state index in [0.717, 1.165) is 24.3 Å². The fourth-order valence-corrected chi connectivity index (χ4v) is 2.85. The van der Waals surface area contributed by atoms with Crippen molar-refractivity contribution in [3.05, 3.63) is 54.4 Å². The molecular weight excluding hydrogens is 304 g/mol. The number of rotatable bonds is 3. The Balaban J connectivity index is 1.53. The van der Waals surface area contributed by atoms with Crippen molar-refractivity contribution in [2.24, 2.45) is 0 Å². The lowest BCUT2D eigenvalue weighted by Crippen LogP contribution is -2.52. The van der Waals surface area contributed by atoms with Crippen LogP contribution in [0.1, 0.15) is 18.5 Å². The molecule has 0 saturated carbocycles. The summed E-state index contributed by atoms with van der Waals surface area (Å²) in [5.41, 5.74) is 1.98. The summed E-state index contributed by atoms with van der Waals surface area (Å²) in [6.07, 6.45) is 3.49. The van der Waals surface area contributed by atoms with Crippen molar-refractivity contribution in [1.82, 2.24) is 15.2 Å². The number of pyridine rings is 1. The van der Waals surface area contributed by atoms with Gasteiger partial charge < -0.3 is 20.2 Å². The van der Waals surface area contributed by atoms with Gasteiger partial charge in [0.1, 0.15) is 5.75 Å². The predicted molar refractivity (Wildman–Crippen MR) is 93.1 cm³/mol. The zero-order valence-electron chi connectivity index (χ0n) is 13.7. The molecule has 2 heterocycles. The summed E-state index contributed by atoms with van der Waals surface area (Å²) >= 11 is 0. The fraction of sp³-hybridized carbons (Fsp3) is 0.333. The van der Waals surface area contributed by atoms with Crippen LogP contribution >= 0.6 is 0 Å². The van der Waals surface area contributed by atoms with E-state index in [0.29, 0.717) is 13.1 Å². The van der Waals surface area contributed by atoms with Crippen LogP contribution in [0.2, 0.25) is 0 Å². The number of nitrogens with zero attached hydrogens (tertiary/aromatic N) is 3. The van der Waals surface area contributed by atoms with Gasteiger partial charge in [0.15, 0.2) is 0 Å². The number of urea groups is 1. The molecule has 6 nitrogen and oxygen atoms in total. The summed E-state index contributed by atoms with van der Waals surface area (Å²) < 4.78 is 0. The molecule has 126 valence electrons. The number of aromatic hydroxyl groups is 1. The molecule has 1 fully saturated rings. The first-order chi connectivity index (χ1) is 11.6. The molecule has 1 aromatic carbocycles. The number of phenolic OH excluding ortho intramolecular Hbond substituents is 1. The molecule has 3 rings (SSSR count). The lowest BCUT2D eigenvalue weighted by molar-refractivity contribution is 0.191. The van der Waals surface area contributed by atoms with E-state index in [-0.39, 0.29) is 17.8 Å². The van der Waals surface area contributed by atoms with Gasteiger partial charge in [0, 0.05) is 50.3 Å². The maximum atomic E-state index is 12.4. The van der Waals surface area contributed by atoms with E-state index < -0.39 is 0 Å². The van der Waals surface area contributed by atoms with E-state index >= 15 is 0 Å². The zero-order chi connectivity index (χ0) is 16.9. The van der Waals surface area contributed by atoms with Crippen molar-refractivity contribution < 1.29 is 9.90 Å². The number of hydrogen-bond donors (Lipinski definition) is 2. The van der Waals surface area contributed by atoms with Gasteiger partial charge in [0.2, 0.25) is 0 Å². The average Bonchev–Trinajstić information content (AvgIpc) is 2.62. The highest BCUT2D eigenvalue weighted by atomic mass is 16.3. The van der Waals surface area contributed by atoms with Crippen molar-refractivity contribution in [3.8, 4) is 5.75 Å². The number of benzene rings is 1. The molecule has 1 saturated heterocycles. The molecule has 1 aliphatic heterocycles. The van der Waals surface area contributed by atoms with Crippen LogP contribution in [0.4, 0.5) is 10.5 Å². The quantitative estimate of drug-likeness (QED) is 0.909. The number of piperazine rings is 1. The van der Waals surface area contributed by atoms with Gasteiger partial charge in [-0.3, -0.25) is 4.98 Å². The Morgan fingerprint density at radius 3 is 2.67 bits per heavy atom. The van der Waals surface area contributed by atoms with Crippen LogP contribution in [-0.4, -0.2) is 47.2 Å². The Morgan fingerprint density at radius 1 is 1.21 bits per heavy atom. The Hall–Kier alpha value is -2.76. The van der Waals surface area contributed by atoms with Crippen LogP contribution in [0, 0.1) is 0 Å². The Morgan fingerprint density at radius 2 is 2.00 bits per heavy atom. The third kappa shape index (κ3) is 3.76. The maximum Gasteiger partial charge on any atom is 0.317 e. The molecule has 0 bridgehead atoms. The number of aromatic nitrogens is 1. The molecule has 6 heteroatoms. The molecule has 0 aliphatic carbocycles. The van der Waals surface area contributed by atoms with Gasteiger partial charge in [-0.05, 0) is 30.7 Å². The minimum atomic E-state index is -0.0738. The Bertz CT molecular complexity index is 684. The van der Waals surface area contributed by atoms with Gasteiger partial charge in [0.05, 0.1) is 6.04 Å². The van der Waals surface area contributed by atoms with E-state index in [2.05, 4.69) is 15.2 Å². The average molecular weight is 326 g/mol. The summed E-state index contributed by atoms with van der Waals surface area (Å²) in [4.78, 5) is 20.5. The van der Waals surface area contributed by atoms with Gasteiger partial charge in [-0.2, -0.15) is 0 Å². The molecule has 2 amide bonds. The lowest BCUT2D eigenvalue weighted by Gasteiger charge is -2.36. The molecule has 1 unspecified atom stereocenters. The number of carbonyl (C=O) groups excluding carboxylic acids is 1. The van der Waals surface area contributed by atoms with Crippen LogP contribution in [0.5, 0.6) is 5.75 Å². The molecule has 2 N–H and O–H groups in total. The van der Waals surface area contributed by atoms with E-state index in [4.69, 9.17) is 0 Å². The zero-order valence-corrected chi connectivity index (χ0v) is 13.7. The van der Waals surface area contributed by atoms with Crippen molar-refractivity contribution in [1.29, 1.82) is 0 Å². The highest BCUT2D eigenvalue weighted by Crippen LogP contribution is 2.21. The van der Waals surface area contributed by atoms with Gasteiger partial charge in [-0.25, -0.2) is 4.79 Å². The van der Waals surface area contributed by atoms with Crippen LogP contribution in [0.25, 0.3) is 0 Å². The van der Waals surface area contributed by atoms with Gasteiger partial charge in [0.25, 0.3) is 0 Å². The molecule has 0 radical (unpaired) electrons. The standard InChI is InChI=1S/C18H22N4O2/c1-14(15-4-3-7-19-13-15)20-18(24)22-10-8-21(9-11-22)16-5-2-6-17(23)12-16/h2-7,12-14,23H,8-11H2,1H3,(H,20,24). The van der Waals surface area contributed by atoms with Crippen LogP contribution < -0.4 is 10.2 Å². The number of anilines is 1. The Kier molecular flexibility index (Phi) is 4.84. The summed E-state index contributed by atoms with van der Waals surface area (Å²) in [6, 6.07) is 10.9. The summed E-state index contributed by atoms with van der Waals surface area (Å²) in [5.74, 6) is 0.262. The van der Waals surface area contributed by atoms with Gasteiger partial charge in [-0.1, -0.05) is 12.1 Å². The lowest BCUT2D eigenvalue weighted by atomic mass is 10.1. The smallest absolute Gasteiger partial charge is 0.317 e. The third-order valence-corrected chi connectivity index (χ3v) is 4.29. The maximum absolute atomic E-state index is 12.4. The minimum absolute atomic E-state index is 0.0538. The van der Waals surface area contributed by atoms with Crippen LogP contribution in [-0.2, 0) is 0 Å². The Labute approximate surface area is 141 Å². The van der Waals surface area contributed by atoms with Crippen LogP contribution in [0.15, 0.2) is 48.8 Å². The minimum Gasteiger partial charge on any atom is -0.508 e. The molecule has 2 aromatic rings. The first-order valence-electron chi connectivity index (χ1n) is 8.13. The second kappa shape index (κ2) is 7.21. The van der Waals surface area contributed by atoms with Gasteiger partial charge >= 0.3 is 6.03 Å². The third-order valence-electron chi connectivity index (χ3n) is 4.29. The molecule has 1 atom stereocenters. The molecular formula is C18H22N4O2. The van der Waals surface area contributed by atoms with Crippen molar-refractivity contribution in [3.63, 3.8) is 0 Å². The van der Waals surface area contributed by atoms with E-state index in [1.165, 1.54) is 0 Å². The summed E-state index contributed by atoms with van der Waals surface area (Å²) in [5, 5.41) is 12.6. The summed E-state index contributed by atoms with van der Waals surface area (Å²) in [7, 11) is 0. The first-order valence-corrected chi connectivity index (χ1v) is 8.13. The highest BCUT2D eigenvalue weighted by molar-refractivity contribution is 5.75. The SMILES string of the molecule is CC(NC(=O)N1CCN(c2cccc(O)c2)CC1)c1cccnc1. The van der Waals surface area contributed by atoms with E-state index in [1.54, 1.807) is 24.5 Å². The van der Waals surface area contributed by atoms with E-state index in [1.807, 2.05) is 36.1 Å². The molecule has 0 spiro atoms. The van der Waals surface area contributed by atoms with E-state index in [9.17, 15) is 9.90 Å². The van der Waals surface area contributed by atoms with Crippen molar-refractivity contribution >= 4 is 11.7 Å². The number of carbonyl (C=O) groups is 1. The normalized spacial score (nSPS) is 15.9. The molecule has 24 heavy (non-hydrogen) atoms. The predicted octanol–water partition coefficient (Wildman–Crippen LogP) is 2.38. The highest BCUT2D eigenvalue weighted by Gasteiger charge is 2.22. The first kappa shape index (κ1) is 16.1. The van der Waals surface area contributed by atoms with Gasteiger partial charge in [-0.15, -0.1) is 0 Å². The monoisotopic (exact) mass is 326 g/mol. The second-order valence-corrected chi connectivity index (χ2v) is 5.95. The second-order valence-electron chi connectivity index (χ2n) is 5.95. The van der Waals surface area contributed by atoms with Crippen molar-refractivity contribution in [2.75, 3.05) is 31.1 Å². The topological polar surface area (TPSA) is 68.7 Å². The summed E-state index contributed by atoms with van der Waals surface area (Å²) in [6.45, 7) is 4.76. The molecule has 1 aliphatic rings. The molecule has 1 aromatic heterocycles. The number of hydrogen-bond acceptors (Lipinski definition) is 4. The number of amides is 2. The van der Waals surface area contributed by atoms with Crippen molar-refractivity contribution in [2.45, 2.75) is 13.0 Å². The van der Waals surface area contributed by atoms with Crippen LogP contribution in [0.3, 0.4) is 0 Å². The largest absolute Gasteiger partial charge is 0.508 e. The fourth-order valence-electron chi connectivity index (χ4n) is 2.85.